The molecule has 17 heavy (non-hydrogen) atoms. The van der Waals surface area contributed by atoms with Crippen molar-refractivity contribution in [3.05, 3.63) is 49.6 Å². The van der Waals surface area contributed by atoms with Crippen molar-refractivity contribution in [1.82, 2.24) is 0 Å². The summed E-state index contributed by atoms with van der Waals surface area (Å²) in [6, 6.07) is 8.70. The molecular weight excluding hydrogens is 294 g/mol. The zero-order valence-electron chi connectivity index (χ0n) is 10.3. The number of anilines is 1. The van der Waals surface area contributed by atoms with E-state index in [1.165, 1.54) is 26.6 Å². The van der Waals surface area contributed by atoms with Crippen LogP contribution in [-0.4, -0.2) is 0 Å². The van der Waals surface area contributed by atoms with Gasteiger partial charge in [0.25, 0.3) is 0 Å². The van der Waals surface area contributed by atoms with Crippen LogP contribution in [0, 0.1) is 20.8 Å². The average Bonchev–Trinajstić information content (AvgIpc) is 2.62. The van der Waals surface area contributed by atoms with Crippen LogP contribution in [0.1, 0.15) is 20.9 Å². The van der Waals surface area contributed by atoms with E-state index in [1.54, 1.807) is 0 Å². The van der Waals surface area contributed by atoms with Crippen molar-refractivity contribution < 1.29 is 0 Å². The van der Waals surface area contributed by atoms with Crippen molar-refractivity contribution in [2.45, 2.75) is 27.3 Å². The third-order valence-electron chi connectivity index (χ3n) is 2.67. The summed E-state index contributed by atoms with van der Waals surface area (Å²) in [4.78, 5) is 2.73. The molecule has 1 N–H and O–H groups in total. The van der Waals surface area contributed by atoms with Gasteiger partial charge in [-0.25, -0.2) is 0 Å². The molecule has 0 unspecified atom stereocenters. The molecule has 1 heterocycles. The van der Waals surface area contributed by atoms with Gasteiger partial charge in [-0.3, -0.25) is 0 Å². The van der Waals surface area contributed by atoms with Gasteiger partial charge in [0.15, 0.2) is 0 Å². The molecule has 2 aromatic rings. The summed E-state index contributed by atoms with van der Waals surface area (Å²) in [5.41, 5.74) is 3.76. The van der Waals surface area contributed by atoms with E-state index in [2.05, 4.69) is 66.3 Å². The average molecular weight is 310 g/mol. The molecule has 0 aliphatic carbocycles. The molecule has 0 spiro atoms. The van der Waals surface area contributed by atoms with Gasteiger partial charge >= 0.3 is 0 Å². The first-order chi connectivity index (χ1) is 8.06. The molecule has 0 radical (unpaired) electrons. The van der Waals surface area contributed by atoms with Crippen molar-refractivity contribution in [3.63, 3.8) is 0 Å². The molecular formula is C14H16BrNS. The van der Waals surface area contributed by atoms with E-state index in [1.807, 2.05) is 11.3 Å². The van der Waals surface area contributed by atoms with E-state index in [4.69, 9.17) is 0 Å². The number of hydrogen-bond donors (Lipinski definition) is 1. The molecule has 1 aromatic heterocycles. The SMILES string of the molecule is Cc1cc(C)c(NCc2ccc(C)s2)c(Br)c1. The van der Waals surface area contributed by atoms with Crippen molar-refractivity contribution in [2.24, 2.45) is 0 Å². The molecule has 0 atom stereocenters. The Hall–Kier alpha value is -0.800. The third-order valence-corrected chi connectivity index (χ3v) is 4.29. The smallest absolute Gasteiger partial charge is 0.0517 e. The third kappa shape index (κ3) is 3.11. The fourth-order valence-corrected chi connectivity index (χ4v) is 3.54. The largest absolute Gasteiger partial charge is 0.379 e. The Kier molecular flexibility index (Phi) is 3.89. The minimum absolute atomic E-state index is 0.890. The lowest BCUT2D eigenvalue weighted by atomic mass is 10.1. The molecule has 90 valence electrons. The van der Waals surface area contributed by atoms with Crippen LogP contribution in [0.25, 0.3) is 0 Å². The zero-order valence-corrected chi connectivity index (χ0v) is 12.7. The van der Waals surface area contributed by atoms with Crippen molar-refractivity contribution in [1.29, 1.82) is 0 Å². The van der Waals surface area contributed by atoms with E-state index in [0.29, 0.717) is 0 Å². The first kappa shape index (κ1) is 12.7. The minimum atomic E-state index is 0.890. The lowest BCUT2D eigenvalue weighted by Crippen LogP contribution is -2.00. The van der Waals surface area contributed by atoms with Gasteiger partial charge in [-0.05, 0) is 66.0 Å². The van der Waals surface area contributed by atoms with E-state index in [-0.39, 0.29) is 0 Å². The summed E-state index contributed by atoms with van der Waals surface area (Å²) in [6.45, 7) is 7.28. The first-order valence-corrected chi connectivity index (χ1v) is 7.23. The number of rotatable bonds is 3. The Balaban J connectivity index is 2.14. The highest BCUT2D eigenvalue weighted by atomic mass is 79.9. The lowest BCUT2D eigenvalue weighted by Gasteiger charge is -2.12. The molecule has 0 amide bonds. The molecule has 1 nitrogen and oxygen atoms in total. The van der Waals surface area contributed by atoms with Crippen LogP contribution in [0.2, 0.25) is 0 Å². The molecule has 0 aliphatic rings. The van der Waals surface area contributed by atoms with Gasteiger partial charge in [0, 0.05) is 20.8 Å². The molecule has 1 aromatic carbocycles. The maximum absolute atomic E-state index is 3.62. The van der Waals surface area contributed by atoms with Gasteiger partial charge in [-0.1, -0.05) is 6.07 Å². The summed E-state index contributed by atoms with van der Waals surface area (Å²) in [5, 5.41) is 3.50. The lowest BCUT2D eigenvalue weighted by molar-refractivity contribution is 1.17. The highest BCUT2D eigenvalue weighted by molar-refractivity contribution is 9.10. The Bertz CT molecular complexity index is 508. The van der Waals surface area contributed by atoms with Gasteiger partial charge < -0.3 is 5.32 Å². The maximum atomic E-state index is 3.62. The number of halogens is 1. The van der Waals surface area contributed by atoms with Crippen LogP contribution in [0.5, 0.6) is 0 Å². The Labute approximate surface area is 115 Å². The summed E-state index contributed by atoms with van der Waals surface area (Å²) >= 11 is 5.46. The van der Waals surface area contributed by atoms with Crippen molar-refractivity contribution >= 4 is 33.0 Å². The second-order valence-corrected chi connectivity index (χ2v) is 6.53. The van der Waals surface area contributed by atoms with Crippen LogP contribution < -0.4 is 5.32 Å². The number of hydrogen-bond acceptors (Lipinski definition) is 2. The molecule has 0 saturated carbocycles. The van der Waals surface area contributed by atoms with Gasteiger partial charge in [-0.15, -0.1) is 11.3 Å². The standard InChI is InChI=1S/C14H16BrNS/c1-9-6-10(2)14(13(15)7-9)16-8-12-5-4-11(3)17-12/h4-7,16H,8H2,1-3H3. The molecule has 0 bridgehead atoms. The van der Waals surface area contributed by atoms with Crippen LogP contribution in [-0.2, 0) is 6.54 Å². The zero-order chi connectivity index (χ0) is 12.4. The highest BCUT2D eigenvalue weighted by Crippen LogP contribution is 2.28. The molecule has 0 saturated heterocycles. The van der Waals surface area contributed by atoms with Crippen LogP contribution >= 0.6 is 27.3 Å². The Morgan fingerprint density at radius 1 is 1.18 bits per heavy atom. The van der Waals surface area contributed by atoms with E-state index < -0.39 is 0 Å². The fourth-order valence-electron chi connectivity index (χ4n) is 1.90. The maximum Gasteiger partial charge on any atom is 0.0517 e. The molecule has 3 heteroatoms. The van der Waals surface area contributed by atoms with E-state index in [9.17, 15) is 0 Å². The second kappa shape index (κ2) is 5.23. The molecule has 0 aliphatic heterocycles. The van der Waals surface area contributed by atoms with Crippen LogP contribution in [0.3, 0.4) is 0 Å². The van der Waals surface area contributed by atoms with Crippen LogP contribution in [0.4, 0.5) is 5.69 Å². The summed E-state index contributed by atoms with van der Waals surface area (Å²) in [5.74, 6) is 0. The monoisotopic (exact) mass is 309 g/mol. The topological polar surface area (TPSA) is 12.0 Å². The summed E-state index contributed by atoms with van der Waals surface area (Å²) in [7, 11) is 0. The fraction of sp³-hybridized carbons (Fsp3) is 0.286. The highest BCUT2D eigenvalue weighted by Gasteiger charge is 2.05. The number of thiophene rings is 1. The van der Waals surface area contributed by atoms with Crippen molar-refractivity contribution in [2.75, 3.05) is 5.32 Å². The normalized spacial score (nSPS) is 10.6. The number of aryl methyl sites for hydroxylation is 3. The first-order valence-electron chi connectivity index (χ1n) is 5.62. The Morgan fingerprint density at radius 3 is 2.53 bits per heavy atom. The summed E-state index contributed by atoms with van der Waals surface area (Å²) in [6.07, 6.45) is 0. The van der Waals surface area contributed by atoms with Gasteiger partial charge in [0.1, 0.15) is 0 Å². The minimum Gasteiger partial charge on any atom is -0.379 e. The number of nitrogens with one attached hydrogen (secondary N) is 1. The van der Waals surface area contributed by atoms with E-state index in [0.717, 1.165) is 11.0 Å². The van der Waals surface area contributed by atoms with E-state index >= 15 is 0 Å². The Morgan fingerprint density at radius 2 is 1.94 bits per heavy atom. The quantitative estimate of drug-likeness (QED) is 0.836. The predicted molar refractivity (Wildman–Crippen MR) is 80.0 cm³/mol. The molecule has 2 rings (SSSR count). The number of benzene rings is 1. The summed E-state index contributed by atoms with van der Waals surface area (Å²) < 4.78 is 1.14. The molecule has 0 fully saturated rings. The van der Waals surface area contributed by atoms with Gasteiger partial charge in [-0.2, -0.15) is 0 Å². The van der Waals surface area contributed by atoms with Crippen LogP contribution in [0.15, 0.2) is 28.7 Å². The second-order valence-electron chi connectivity index (χ2n) is 4.30. The van der Waals surface area contributed by atoms with Gasteiger partial charge in [0.2, 0.25) is 0 Å². The van der Waals surface area contributed by atoms with Crippen molar-refractivity contribution in [3.8, 4) is 0 Å². The van der Waals surface area contributed by atoms with Gasteiger partial charge in [0.05, 0.1) is 5.69 Å². The predicted octanol–water partition coefficient (Wildman–Crippen LogP) is 5.05.